The molecule has 0 aliphatic carbocycles. The van der Waals surface area contributed by atoms with E-state index in [1.807, 2.05) is 24.3 Å². The van der Waals surface area contributed by atoms with Gasteiger partial charge in [-0.25, -0.2) is 4.98 Å². The van der Waals surface area contributed by atoms with Gasteiger partial charge in [-0.15, -0.1) is 0 Å². The number of carbonyl (C=O) groups excluding carboxylic acids is 1. The Kier molecular flexibility index (Phi) is 4.73. The first-order valence-corrected chi connectivity index (χ1v) is 7.97. The molecule has 23 heavy (non-hydrogen) atoms. The van der Waals surface area contributed by atoms with Crippen LogP contribution < -0.4 is 5.32 Å². The third-order valence-corrected chi connectivity index (χ3v) is 3.82. The molecule has 1 N–H and O–H groups in total. The van der Waals surface area contributed by atoms with Crippen LogP contribution in [0.5, 0.6) is 0 Å². The van der Waals surface area contributed by atoms with Gasteiger partial charge in [0.15, 0.2) is 0 Å². The highest BCUT2D eigenvalue weighted by atomic mass is 79.9. The molecule has 5 nitrogen and oxygen atoms in total. The molecule has 3 rings (SSSR count). The number of hydrogen-bond acceptors (Lipinski definition) is 3. The molecule has 116 valence electrons. The highest BCUT2D eigenvalue weighted by molar-refractivity contribution is 9.10. The molecular weight excluding hydrogens is 380 g/mol. The number of rotatable bonds is 4. The Hall–Kier alpha value is -2.18. The summed E-state index contributed by atoms with van der Waals surface area (Å²) in [6, 6.07) is 10.9. The van der Waals surface area contributed by atoms with E-state index in [-0.39, 0.29) is 5.91 Å². The van der Waals surface area contributed by atoms with Crippen molar-refractivity contribution in [3.05, 3.63) is 75.7 Å². The van der Waals surface area contributed by atoms with E-state index in [0.717, 1.165) is 5.56 Å². The molecule has 3 aromatic rings. The van der Waals surface area contributed by atoms with Gasteiger partial charge in [0.25, 0.3) is 5.91 Å². The molecule has 2 aromatic heterocycles. The number of nitrogens with zero attached hydrogens (tertiary/aromatic N) is 3. The smallest absolute Gasteiger partial charge is 0.255 e. The number of amides is 1. The van der Waals surface area contributed by atoms with E-state index >= 15 is 0 Å². The molecule has 0 spiro atoms. The molecule has 0 aliphatic heterocycles. The standard InChI is InChI=1S/C16H12BrClN4O/c17-15-7-12(5-6-19-15)16(23)21-14-8-20-22(10-14)9-11-1-3-13(18)4-2-11/h1-8,10H,9H2,(H,21,23). The summed E-state index contributed by atoms with van der Waals surface area (Å²) in [5, 5.41) is 7.75. The van der Waals surface area contributed by atoms with Crippen molar-refractivity contribution < 1.29 is 4.79 Å². The summed E-state index contributed by atoms with van der Waals surface area (Å²) in [5.41, 5.74) is 2.24. The van der Waals surface area contributed by atoms with Gasteiger partial charge in [-0.1, -0.05) is 23.7 Å². The highest BCUT2D eigenvalue weighted by Gasteiger charge is 2.08. The molecule has 1 aromatic carbocycles. The van der Waals surface area contributed by atoms with E-state index in [1.54, 1.807) is 35.4 Å². The third-order valence-electron chi connectivity index (χ3n) is 3.14. The molecule has 0 saturated carbocycles. The Morgan fingerprint density at radius 2 is 2.04 bits per heavy atom. The second-order valence-corrected chi connectivity index (χ2v) is 6.12. The van der Waals surface area contributed by atoms with Crippen molar-refractivity contribution in [2.24, 2.45) is 0 Å². The van der Waals surface area contributed by atoms with Crippen LogP contribution in [0.25, 0.3) is 0 Å². The van der Waals surface area contributed by atoms with Crippen LogP contribution in [0.4, 0.5) is 5.69 Å². The fraction of sp³-hybridized carbons (Fsp3) is 0.0625. The molecule has 2 heterocycles. The maximum Gasteiger partial charge on any atom is 0.255 e. The molecular formula is C16H12BrClN4O. The second kappa shape index (κ2) is 6.93. The molecule has 0 radical (unpaired) electrons. The molecule has 0 atom stereocenters. The summed E-state index contributed by atoms with van der Waals surface area (Å²) >= 11 is 9.11. The van der Waals surface area contributed by atoms with Crippen molar-refractivity contribution in [3.63, 3.8) is 0 Å². The fourth-order valence-corrected chi connectivity index (χ4v) is 2.53. The molecule has 0 saturated heterocycles. The summed E-state index contributed by atoms with van der Waals surface area (Å²) in [4.78, 5) is 16.2. The molecule has 0 bridgehead atoms. The number of nitrogens with one attached hydrogen (secondary N) is 1. The van der Waals surface area contributed by atoms with Gasteiger partial charge in [0, 0.05) is 23.0 Å². The number of anilines is 1. The number of pyridine rings is 1. The van der Waals surface area contributed by atoms with Crippen LogP contribution in [0, 0.1) is 0 Å². The van der Waals surface area contributed by atoms with Gasteiger partial charge >= 0.3 is 0 Å². The summed E-state index contributed by atoms with van der Waals surface area (Å²) < 4.78 is 2.37. The Labute approximate surface area is 146 Å². The molecule has 0 fully saturated rings. The zero-order valence-corrected chi connectivity index (χ0v) is 14.3. The Bertz CT molecular complexity index is 832. The lowest BCUT2D eigenvalue weighted by atomic mass is 10.2. The van der Waals surface area contributed by atoms with E-state index in [2.05, 4.69) is 31.3 Å². The van der Waals surface area contributed by atoms with Crippen LogP contribution in [-0.2, 0) is 6.54 Å². The SMILES string of the molecule is O=C(Nc1cnn(Cc2ccc(Cl)cc2)c1)c1ccnc(Br)c1. The van der Waals surface area contributed by atoms with Gasteiger partial charge in [-0.2, -0.15) is 5.10 Å². The zero-order chi connectivity index (χ0) is 16.2. The molecule has 0 aliphatic rings. The summed E-state index contributed by atoms with van der Waals surface area (Å²) in [6.07, 6.45) is 4.97. The lowest BCUT2D eigenvalue weighted by Crippen LogP contribution is -2.11. The third kappa shape index (κ3) is 4.18. The highest BCUT2D eigenvalue weighted by Crippen LogP contribution is 2.14. The molecule has 0 unspecified atom stereocenters. The predicted octanol–water partition coefficient (Wildman–Crippen LogP) is 3.99. The minimum Gasteiger partial charge on any atom is -0.319 e. The quantitative estimate of drug-likeness (QED) is 0.684. The average Bonchev–Trinajstić information content (AvgIpc) is 2.96. The molecule has 7 heteroatoms. The van der Waals surface area contributed by atoms with E-state index in [4.69, 9.17) is 11.6 Å². The van der Waals surface area contributed by atoms with Crippen molar-refractivity contribution in [2.45, 2.75) is 6.54 Å². The van der Waals surface area contributed by atoms with Gasteiger partial charge in [0.05, 0.1) is 18.4 Å². The first-order chi connectivity index (χ1) is 11.1. The second-order valence-electron chi connectivity index (χ2n) is 4.87. The van der Waals surface area contributed by atoms with Crippen LogP contribution in [-0.4, -0.2) is 20.7 Å². The zero-order valence-electron chi connectivity index (χ0n) is 11.9. The van der Waals surface area contributed by atoms with E-state index < -0.39 is 0 Å². The Morgan fingerprint density at radius 1 is 1.26 bits per heavy atom. The fourth-order valence-electron chi connectivity index (χ4n) is 2.04. The first kappa shape index (κ1) is 15.7. The number of carbonyl (C=O) groups is 1. The number of hydrogen-bond donors (Lipinski definition) is 1. The number of aromatic nitrogens is 3. The van der Waals surface area contributed by atoms with E-state index in [1.165, 1.54) is 0 Å². The van der Waals surface area contributed by atoms with Gasteiger partial charge in [-0.3, -0.25) is 9.48 Å². The maximum absolute atomic E-state index is 12.2. The van der Waals surface area contributed by atoms with Crippen molar-refractivity contribution in [1.82, 2.24) is 14.8 Å². The van der Waals surface area contributed by atoms with Crippen molar-refractivity contribution >= 4 is 39.1 Å². The predicted molar refractivity (Wildman–Crippen MR) is 92.7 cm³/mol. The van der Waals surface area contributed by atoms with Crippen LogP contribution in [0.1, 0.15) is 15.9 Å². The van der Waals surface area contributed by atoms with Crippen molar-refractivity contribution in [1.29, 1.82) is 0 Å². The summed E-state index contributed by atoms with van der Waals surface area (Å²) in [7, 11) is 0. The average molecular weight is 392 g/mol. The summed E-state index contributed by atoms with van der Waals surface area (Å²) in [6.45, 7) is 0.605. The van der Waals surface area contributed by atoms with Gasteiger partial charge in [-0.05, 0) is 45.8 Å². The van der Waals surface area contributed by atoms with Gasteiger partial charge in [0.2, 0.25) is 0 Å². The Morgan fingerprint density at radius 3 is 2.78 bits per heavy atom. The maximum atomic E-state index is 12.2. The minimum atomic E-state index is -0.209. The van der Waals surface area contributed by atoms with Crippen molar-refractivity contribution in [2.75, 3.05) is 5.32 Å². The normalized spacial score (nSPS) is 10.5. The van der Waals surface area contributed by atoms with E-state index in [0.29, 0.717) is 27.4 Å². The van der Waals surface area contributed by atoms with E-state index in [9.17, 15) is 4.79 Å². The Balaban J connectivity index is 1.67. The number of benzene rings is 1. The lowest BCUT2D eigenvalue weighted by Gasteiger charge is -2.03. The van der Waals surface area contributed by atoms with Gasteiger partial charge in [0.1, 0.15) is 4.60 Å². The lowest BCUT2D eigenvalue weighted by molar-refractivity contribution is 0.102. The number of halogens is 2. The summed E-state index contributed by atoms with van der Waals surface area (Å²) in [5.74, 6) is -0.209. The van der Waals surface area contributed by atoms with Crippen LogP contribution in [0.15, 0.2) is 59.6 Å². The van der Waals surface area contributed by atoms with Gasteiger partial charge < -0.3 is 5.32 Å². The van der Waals surface area contributed by atoms with Crippen molar-refractivity contribution in [3.8, 4) is 0 Å². The topological polar surface area (TPSA) is 59.8 Å². The van der Waals surface area contributed by atoms with Crippen LogP contribution >= 0.6 is 27.5 Å². The van der Waals surface area contributed by atoms with Crippen LogP contribution in [0.3, 0.4) is 0 Å². The first-order valence-electron chi connectivity index (χ1n) is 6.80. The largest absolute Gasteiger partial charge is 0.319 e. The minimum absolute atomic E-state index is 0.209. The monoisotopic (exact) mass is 390 g/mol. The molecule has 1 amide bonds. The van der Waals surface area contributed by atoms with Crippen LogP contribution in [0.2, 0.25) is 5.02 Å².